The molecular weight excluding hydrogens is 689 g/mol. The van der Waals surface area contributed by atoms with Crippen LogP contribution in [-0.2, 0) is 11.0 Å². The highest BCUT2D eigenvalue weighted by molar-refractivity contribution is 6.05. The molecule has 6 heterocycles. The van der Waals surface area contributed by atoms with Crippen LogP contribution in [0.3, 0.4) is 0 Å². The molecule has 3 fully saturated rings. The van der Waals surface area contributed by atoms with Crippen LogP contribution in [0.5, 0.6) is 0 Å². The maximum atomic E-state index is 13.1. The van der Waals surface area contributed by atoms with E-state index in [0.29, 0.717) is 24.0 Å². The summed E-state index contributed by atoms with van der Waals surface area (Å²) in [5.74, 6) is 0.260. The Morgan fingerprint density at radius 1 is 1.00 bits per heavy atom. The van der Waals surface area contributed by atoms with Gasteiger partial charge >= 0.3 is 12.2 Å². The second-order valence-corrected chi connectivity index (χ2v) is 14.1. The minimum absolute atomic E-state index is 0.253. The number of urea groups is 1. The second kappa shape index (κ2) is 13.8. The van der Waals surface area contributed by atoms with Crippen molar-refractivity contribution in [2.45, 2.75) is 51.2 Å². The minimum atomic E-state index is -4.64. The van der Waals surface area contributed by atoms with Crippen molar-refractivity contribution < 1.29 is 27.6 Å². The van der Waals surface area contributed by atoms with E-state index in [1.165, 1.54) is 12.1 Å². The van der Waals surface area contributed by atoms with E-state index in [2.05, 4.69) is 36.5 Å². The monoisotopic (exact) mass is 728 g/mol. The lowest BCUT2D eigenvalue weighted by Crippen LogP contribution is -2.50. The number of hydrogen-bond acceptors (Lipinski definition) is 8. The first-order chi connectivity index (χ1) is 25.5. The van der Waals surface area contributed by atoms with Gasteiger partial charge in [-0.05, 0) is 80.5 Å². The third-order valence-corrected chi connectivity index (χ3v) is 10.6. The van der Waals surface area contributed by atoms with Gasteiger partial charge in [-0.25, -0.2) is 14.8 Å². The fraction of sp³-hybridized carbons (Fsp3) is 0.405. The highest BCUT2D eigenvalue weighted by Gasteiger charge is 2.33. The van der Waals surface area contributed by atoms with E-state index in [1.807, 2.05) is 46.6 Å². The molecule has 276 valence electrons. The molecule has 0 spiro atoms. The lowest BCUT2D eigenvalue weighted by molar-refractivity contribution is -0.141. The number of imidazole rings is 1. The Bertz CT molecular complexity index is 2200. The molecule has 2 saturated heterocycles. The summed E-state index contributed by atoms with van der Waals surface area (Å²) in [5, 5.41) is 10.8. The second-order valence-electron chi connectivity index (χ2n) is 14.1. The molecule has 13 nitrogen and oxygen atoms in total. The van der Waals surface area contributed by atoms with Crippen molar-refractivity contribution in [2.75, 3.05) is 54.4 Å². The van der Waals surface area contributed by atoms with Crippen LogP contribution in [-0.4, -0.2) is 86.2 Å². The Morgan fingerprint density at radius 3 is 2.55 bits per heavy atom. The van der Waals surface area contributed by atoms with E-state index in [1.54, 1.807) is 11.1 Å². The molecule has 1 aliphatic carbocycles. The number of anilines is 3. The lowest BCUT2D eigenvalue weighted by atomic mass is 9.85. The molecule has 0 radical (unpaired) electrons. The zero-order valence-corrected chi connectivity index (χ0v) is 29.1. The fourth-order valence-electron chi connectivity index (χ4n) is 7.76. The molecule has 2 aliphatic heterocycles. The van der Waals surface area contributed by atoms with Crippen molar-refractivity contribution in [3.05, 3.63) is 78.0 Å². The third kappa shape index (κ3) is 7.02. The van der Waals surface area contributed by atoms with E-state index >= 15 is 0 Å². The number of aromatic nitrogens is 5. The van der Waals surface area contributed by atoms with Crippen LogP contribution in [0.2, 0.25) is 0 Å². The number of pyridine rings is 2. The summed E-state index contributed by atoms with van der Waals surface area (Å²) in [6.45, 7) is 6.82. The van der Waals surface area contributed by atoms with Crippen molar-refractivity contribution in [3.63, 3.8) is 0 Å². The van der Waals surface area contributed by atoms with Crippen LogP contribution in [0.15, 0.2) is 61.1 Å². The number of piperazine rings is 1. The maximum absolute atomic E-state index is 13.1. The standard InChI is InChI=1S/C37H39F3N10O3/c1-23-18-29-25(19-28(23)43-35(52)27-4-2-6-31(42-27)37(38,39)40)22-50(45-29)26-9-7-24(8-10-26)21-46-14-16-47(17-15-46)30-5-3-12-48-33(20-41-34(30)48)49-13-11-32(51)44-36(49)53/h2-6,12,18-20,22,24,26H,7-11,13-17,21H2,1H3,(H,43,52)(H,44,51,53). The Balaban J connectivity index is 0.849. The summed E-state index contributed by atoms with van der Waals surface area (Å²) < 4.78 is 43.3. The first-order valence-electron chi connectivity index (χ1n) is 17.9. The normalized spacial score (nSPS) is 20.3. The average molecular weight is 729 g/mol. The highest BCUT2D eigenvalue weighted by atomic mass is 19.4. The van der Waals surface area contributed by atoms with Crippen molar-refractivity contribution in [2.24, 2.45) is 5.92 Å². The van der Waals surface area contributed by atoms with Gasteiger partial charge in [0.05, 0.1) is 23.4 Å². The quantitative estimate of drug-likeness (QED) is 0.220. The molecule has 1 saturated carbocycles. The molecule has 0 bridgehead atoms. The van der Waals surface area contributed by atoms with Gasteiger partial charge in [0.1, 0.15) is 17.2 Å². The summed E-state index contributed by atoms with van der Waals surface area (Å²) in [6.07, 6.45) is 5.40. The third-order valence-electron chi connectivity index (χ3n) is 10.6. The molecule has 3 aliphatic rings. The highest BCUT2D eigenvalue weighted by Crippen LogP contribution is 2.35. The van der Waals surface area contributed by atoms with Crippen LogP contribution in [0.1, 0.15) is 59.9 Å². The number of amides is 4. The Morgan fingerprint density at radius 2 is 1.79 bits per heavy atom. The Labute approximate surface area is 302 Å². The number of alkyl halides is 3. The van der Waals surface area contributed by atoms with E-state index < -0.39 is 23.8 Å². The van der Waals surface area contributed by atoms with Crippen LogP contribution in [0, 0.1) is 12.8 Å². The van der Waals surface area contributed by atoms with Crippen LogP contribution in [0.25, 0.3) is 16.6 Å². The SMILES string of the molecule is Cc1cc2nn(C3CCC(CN4CCN(c5cccn6c(N7CCC(=O)NC7=O)cnc56)CC4)CC3)cc2cc1NC(=O)c1cccc(C(F)(F)F)n1. The molecule has 5 aromatic rings. The predicted octanol–water partition coefficient (Wildman–Crippen LogP) is 5.66. The van der Waals surface area contributed by atoms with Crippen molar-refractivity contribution in [1.82, 2.24) is 34.4 Å². The molecule has 8 rings (SSSR count). The van der Waals surface area contributed by atoms with Gasteiger partial charge in [0, 0.05) is 69.2 Å². The van der Waals surface area contributed by atoms with Gasteiger partial charge in [-0.3, -0.25) is 33.8 Å². The maximum Gasteiger partial charge on any atom is 0.433 e. The Kier molecular flexibility index (Phi) is 9.00. The smallest absolute Gasteiger partial charge is 0.366 e. The topological polar surface area (TPSA) is 133 Å². The van der Waals surface area contributed by atoms with Gasteiger partial charge in [-0.1, -0.05) is 6.07 Å². The molecule has 2 N–H and O–H groups in total. The van der Waals surface area contributed by atoms with E-state index in [4.69, 9.17) is 5.10 Å². The summed E-state index contributed by atoms with van der Waals surface area (Å²) in [6, 6.07) is 10.8. The first-order valence-corrected chi connectivity index (χ1v) is 17.9. The molecule has 53 heavy (non-hydrogen) atoms. The Hall–Kier alpha value is -5.51. The zero-order valence-electron chi connectivity index (χ0n) is 29.1. The number of nitrogens with one attached hydrogen (secondary N) is 2. The van der Waals surface area contributed by atoms with E-state index in [9.17, 15) is 27.6 Å². The number of aryl methyl sites for hydroxylation is 1. The van der Waals surface area contributed by atoms with Gasteiger partial charge in [0.15, 0.2) is 5.65 Å². The predicted molar refractivity (Wildman–Crippen MR) is 192 cm³/mol. The van der Waals surface area contributed by atoms with Crippen LogP contribution >= 0.6 is 0 Å². The molecule has 0 unspecified atom stereocenters. The zero-order chi connectivity index (χ0) is 36.9. The number of imide groups is 1. The minimum Gasteiger partial charge on any atom is -0.366 e. The van der Waals surface area contributed by atoms with Crippen molar-refractivity contribution >= 4 is 51.6 Å². The van der Waals surface area contributed by atoms with Gasteiger partial charge in [-0.2, -0.15) is 18.3 Å². The number of benzene rings is 1. The molecule has 4 aromatic heterocycles. The number of carbonyl (C=O) groups excluding carboxylic acids is 3. The van der Waals surface area contributed by atoms with Gasteiger partial charge in [0.2, 0.25) is 5.91 Å². The van der Waals surface area contributed by atoms with Gasteiger partial charge in [-0.15, -0.1) is 0 Å². The molecule has 4 amide bonds. The summed E-state index contributed by atoms with van der Waals surface area (Å²) in [7, 11) is 0. The number of fused-ring (bicyclic) bond motifs is 2. The number of rotatable bonds is 7. The number of hydrogen-bond donors (Lipinski definition) is 2. The van der Waals surface area contributed by atoms with Crippen LogP contribution < -0.4 is 20.4 Å². The summed E-state index contributed by atoms with van der Waals surface area (Å²) >= 11 is 0. The van der Waals surface area contributed by atoms with Crippen molar-refractivity contribution in [1.29, 1.82) is 0 Å². The first kappa shape index (κ1) is 34.6. The molecule has 16 heteroatoms. The number of nitrogens with zero attached hydrogens (tertiary/aromatic N) is 8. The number of carbonyl (C=O) groups is 3. The fourth-order valence-corrected chi connectivity index (χ4v) is 7.76. The molecular formula is C37H39F3N10O3. The van der Waals surface area contributed by atoms with Gasteiger partial charge in [0.25, 0.3) is 5.91 Å². The van der Waals surface area contributed by atoms with E-state index in [0.717, 1.165) is 92.3 Å². The van der Waals surface area contributed by atoms with Crippen LogP contribution in [0.4, 0.5) is 35.2 Å². The van der Waals surface area contributed by atoms with E-state index in [-0.39, 0.29) is 24.1 Å². The molecule has 1 aromatic carbocycles. The largest absolute Gasteiger partial charge is 0.433 e. The molecule has 0 atom stereocenters. The van der Waals surface area contributed by atoms with Crippen molar-refractivity contribution in [3.8, 4) is 0 Å². The summed E-state index contributed by atoms with van der Waals surface area (Å²) in [5.41, 5.74) is 2.45. The lowest BCUT2D eigenvalue weighted by Gasteiger charge is -2.39. The number of halogens is 3. The summed E-state index contributed by atoms with van der Waals surface area (Å²) in [4.78, 5) is 51.5. The van der Waals surface area contributed by atoms with Gasteiger partial charge < -0.3 is 10.2 Å². The average Bonchev–Trinajstić information content (AvgIpc) is 3.76.